The van der Waals surface area contributed by atoms with Crippen LogP contribution in [0.5, 0.6) is 0 Å². The zero-order valence-corrected chi connectivity index (χ0v) is 8.33. The van der Waals surface area contributed by atoms with Crippen molar-refractivity contribution in [2.75, 3.05) is 0 Å². The van der Waals surface area contributed by atoms with E-state index in [9.17, 15) is 0 Å². The van der Waals surface area contributed by atoms with Crippen LogP contribution in [-0.2, 0) is 0 Å². The van der Waals surface area contributed by atoms with E-state index in [-0.39, 0.29) is 0 Å². The largest absolute Gasteiger partial charge is 0.193 e. The molecule has 0 nitrogen and oxygen atoms in total. The predicted molar refractivity (Wildman–Crippen MR) is 63.8 cm³/mol. The van der Waals surface area contributed by atoms with Crippen LogP contribution in [0.1, 0.15) is 12.5 Å². The van der Waals surface area contributed by atoms with Gasteiger partial charge in [-0.1, -0.05) is 60.0 Å². The molecule has 0 spiro atoms. The first kappa shape index (κ1) is 9.08. The molecule has 14 heavy (non-hydrogen) atoms. The summed E-state index contributed by atoms with van der Waals surface area (Å²) in [5.74, 6) is 0. The van der Waals surface area contributed by atoms with Crippen molar-refractivity contribution >= 4 is 18.3 Å². The van der Waals surface area contributed by atoms with Crippen LogP contribution in [0, 0.1) is 0 Å². The van der Waals surface area contributed by atoms with Crippen molar-refractivity contribution in [1.82, 2.24) is 0 Å². The van der Waals surface area contributed by atoms with Gasteiger partial charge in [0.15, 0.2) is 7.28 Å². The summed E-state index contributed by atoms with van der Waals surface area (Å²) in [6.07, 6.45) is 6.11. The van der Waals surface area contributed by atoms with Gasteiger partial charge in [-0.15, -0.1) is 0 Å². The lowest BCUT2D eigenvalue weighted by Crippen LogP contribution is -2.12. The summed E-state index contributed by atoms with van der Waals surface area (Å²) in [7, 11) is 2.20. The van der Waals surface area contributed by atoms with E-state index < -0.39 is 0 Å². The van der Waals surface area contributed by atoms with Gasteiger partial charge in [-0.25, -0.2) is 0 Å². The Morgan fingerprint density at radius 1 is 1.29 bits per heavy atom. The summed E-state index contributed by atoms with van der Waals surface area (Å²) in [6, 6.07) is 8.40. The number of rotatable bonds is 2. The zero-order valence-electron chi connectivity index (χ0n) is 8.33. The van der Waals surface area contributed by atoms with Gasteiger partial charge in [0.05, 0.1) is 0 Å². The molecule has 1 aliphatic rings. The van der Waals surface area contributed by atoms with Crippen LogP contribution >= 0.6 is 0 Å². The molecular formula is C13H12B. The molecule has 0 aromatic heterocycles. The minimum Gasteiger partial charge on any atom is -0.0985 e. The van der Waals surface area contributed by atoms with E-state index in [1.807, 2.05) is 13.0 Å². The monoisotopic (exact) mass is 179 g/mol. The van der Waals surface area contributed by atoms with Crippen molar-refractivity contribution in [1.29, 1.82) is 0 Å². The van der Waals surface area contributed by atoms with Gasteiger partial charge in [-0.05, 0) is 18.1 Å². The van der Waals surface area contributed by atoms with Gasteiger partial charge in [0, 0.05) is 0 Å². The van der Waals surface area contributed by atoms with Gasteiger partial charge in [-0.2, -0.15) is 0 Å². The molecule has 1 aromatic rings. The Kier molecular flexibility index (Phi) is 2.40. The van der Waals surface area contributed by atoms with Crippen LogP contribution in [0.15, 0.2) is 54.5 Å². The maximum Gasteiger partial charge on any atom is 0.193 e. The summed E-state index contributed by atoms with van der Waals surface area (Å²) >= 11 is 0. The van der Waals surface area contributed by atoms with Gasteiger partial charge in [0.2, 0.25) is 0 Å². The van der Waals surface area contributed by atoms with Crippen LogP contribution in [0.3, 0.4) is 0 Å². The predicted octanol–water partition coefficient (Wildman–Crippen LogP) is 2.50. The average molecular weight is 179 g/mol. The van der Waals surface area contributed by atoms with Crippen molar-refractivity contribution in [3.8, 4) is 0 Å². The van der Waals surface area contributed by atoms with Gasteiger partial charge in [0.25, 0.3) is 0 Å². The summed E-state index contributed by atoms with van der Waals surface area (Å²) in [5.41, 5.74) is 5.06. The standard InChI is InChI=1S/C13H12B/c1-3-7-12-10(4-2)11-8-5-6-9-13(11)14-12/h3-9H,2H2,1H3/b7-3-. The number of allylic oxidation sites excluding steroid dienone is 5. The van der Waals surface area contributed by atoms with Crippen molar-refractivity contribution in [3.05, 3.63) is 60.1 Å². The van der Waals surface area contributed by atoms with E-state index in [0.717, 1.165) is 0 Å². The summed E-state index contributed by atoms with van der Waals surface area (Å²) < 4.78 is 0. The average Bonchev–Trinajstić information content (AvgIpc) is 2.55. The van der Waals surface area contributed by atoms with Crippen LogP contribution < -0.4 is 5.46 Å². The number of fused-ring (bicyclic) bond motifs is 1. The second-order valence-electron chi connectivity index (χ2n) is 3.30. The molecule has 1 heteroatoms. The molecule has 67 valence electrons. The highest BCUT2D eigenvalue weighted by atomic mass is 14.1. The number of hydrogen-bond donors (Lipinski definition) is 0. The molecule has 0 unspecified atom stereocenters. The van der Waals surface area contributed by atoms with Crippen molar-refractivity contribution < 1.29 is 0 Å². The fourth-order valence-electron chi connectivity index (χ4n) is 1.81. The van der Waals surface area contributed by atoms with Crippen molar-refractivity contribution in [3.63, 3.8) is 0 Å². The van der Waals surface area contributed by atoms with Crippen LogP contribution in [-0.4, -0.2) is 7.28 Å². The van der Waals surface area contributed by atoms with Gasteiger partial charge < -0.3 is 0 Å². The highest BCUT2D eigenvalue weighted by Gasteiger charge is 2.17. The minimum absolute atomic E-state index is 1.23. The molecule has 0 amide bonds. The molecule has 0 atom stereocenters. The molecular weight excluding hydrogens is 167 g/mol. The summed E-state index contributed by atoms with van der Waals surface area (Å²) in [6.45, 7) is 5.89. The highest BCUT2D eigenvalue weighted by Crippen LogP contribution is 2.24. The highest BCUT2D eigenvalue weighted by molar-refractivity contribution is 6.67. The molecule has 0 saturated carbocycles. The maximum absolute atomic E-state index is 3.86. The molecule has 0 N–H and O–H groups in total. The van der Waals surface area contributed by atoms with E-state index in [1.165, 1.54) is 22.1 Å². The first-order valence-corrected chi connectivity index (χ1v) is 4.80. The lowest BCUT2D eigenvalue weighted by atomic mass is 9.66. The van der Waals surface area contributed by atoms with Crippen molar-refractivity contribution in [2.45, 2.75) is 6.92 Å². The Morgan fingerprint density at radius 3 is 2.79 bits per heavy atom. The third kappa shape index (κ3) is 1.35. The Labute approximate surface area is 85.9 Å². The Morgan fingerprint density at radius 2 is 2.07 bits per heavy atom. The molecule has 0 fully saturated rings. The minimum atomic E-state index is 1.23. The van der Waals surface area contributed by atoms with E-state index in [2.05, 4.69) is 50.3 Å². The van der Waals surface area contributed by atoms with Gasteiger partial charge in [-0.3, -0.25) is 0 Å². The Bertz CT molecular complexity index is 425. The lowest BCUT2D eigenvalue weighted by molar-refractivity contribution is 1.68. The zero-order chi connectivity index (χ0) is 9.97. The Hall–Kier alpha value is -1.50. The fourth-order valence-corrected chi connectivity index (χ4v) is 1.81. The molecule has 1 aliphatic heterocycles. The quantitative estimate of drug-likeness (QED) is 0.612. The normalized spacial score (nSPS) is 14.4. The van der Waals surface area contributed by atoms with Crippen molar-refractivity contribution in [2.24, 2.45) is 0 Å². The van der Waals surface area contributed by atoms with Gasteiger partial charge in [0.1, 0.15) is 0 Å². The van der Waals surface area contributed by atoms with Crippen LogP contribution in [0.2, 0.25) is 0 Å². The second-order valence-corrected chi connectivity index (χ2v) is 3.30. The molecule has 1 aromatic carbocycles. The Balaban J connectivity index is 2.53. The SMILES string of the molecule is C=CC1=C(/C=C\C)[B]c2ccccc21. The smallest absolute Gasteiger partial charge is 0.0985 e. The maximum atomic E-state index is 3.86. The van der Waals surface area contributed by atoms with Crippen LogP contribution in [0.25, 0.3) is 5.57 Å². The van der Waals surface area contributed by atoms with Gasteiger partial charge >= 0.3 is 0 Å². The first-order chi connectivity index (χ1) is 6.86. The number of hydrogen-bond acceptors (Lipinski definition) is 0. The van der Waals surface area contributed by atoms with E-state index in [4.69, 9.17) is 0 Å². The summed E-state index contributed by atoms with van der Waals surface area (Å²) in [5, 5.41) is 0. The van der Waals surface area contributed by atoms with E-state index in [0.29, 0.717) is 0 Å². The van der Waals surface area contributed by atoms with Crippen LogP contribution in [0.4, 0.5) is 0 Å². The third-order valence-electron chi connectivity index (χ3n) is 2.42. The molecule has 1 heterocycles. The summed E-state index contributed by atoms with van der Waals surface area (Å²) in [4.78, 5) is 0. The molecule has 0 saturated heterocycles. The topological polar surface area (TPSA) is 0 Å². The first-order valence-electron chi connectivity index (χ1n) is 4.80. The lowest BCUT2D eigenvalue weighted by Gasteiger charge is -2.00. The fraction of sp³-hybridized carbons (Fsp3) is 0.0769. The third-order valence-corrected chi connectivity index (χ3v) is 2.42. The molecule has 2 rings (SSSR count). The molecule has 0 bridgehead atoms. The number of benzene rings is 1. The van der Waals surface area contributed by atoms with E-state index >= 15 is 0 Å². The van der Waals surface area contributed by atoms with E-state index in [1.54, 1.807) is 0 Å². The molecule has 0 aliphatic carbocycles. The second kappa shape index (κ2) is 3.71. The molecule has 1 radical (unpaired) electrons.